The fraction of sp³-hybridized carbons (Fsp3) is 0.385. The Bertz CT molecular complexity index is 510. The first kappa shape index (κ1) is 11.0. The Morgan fingerprint density at radius 1 is 1.29 bits per heavy atom. The molecule has 0 N–H and O–H groups in total. The van der Waals surface area contributed by atoms with Gasteiger partial charge in [-0.3, -0.25) is 0 Å². The number of aryl methyl sites for hydroxylation is 2. The highest BCUT2D eigenvalue weighted by Gasteiger charge is 2.13. The van der Waals surface area contributed by atoms with Crippen molar-refractivity contribution in [3.63, 3.8) is 0 Å². The molecule has 1 aromatic heterocycles. The second-order valence-corrected chi connectivity index (χ2v) is 5.35. The summed E-state index contributed by atoms with van der Waals surface area (Å²) < 4.78 is 3.18. The van der Waals surface area contributed by atoms with Crippen molar-refractivity contribution in [2.24, 2.45) is 0 Å². The fourth-order valence-electron chi connectivity index (χ4n) is 2.24. The highest BCUT2D eigenvalue weighted by molar-refractivity contribution is 9.10. The molecule has 0 saturated heterocycles. The maximum absolute atomic E-state index is 4.61. The van der Waals surface area contributed by atoms with Crippen LogP contribution in [-0.2, 0) is 19.4 Å². The van der Waals surface area contributed by atoms with Crippen LogP contribution in [0.3, 0.4) is 0 Å². The van der Waals surface area contributed by atoms with Crippen LogP contribution in [0.1, 0.15) is 30.1 Å². The van der Waals surface area contributed by atoms with Gasteiger partial charge in [-0.05, 0) is 30.5 Å². The Morgan fingerprint density at radius 2 is 2.24 bits per heavy atom. The van der Waals surface area contributed by atoms with Crippen LogP contribution in [0.2, 0.25) is 0 Å². The van der Waals surface area contributed by atoms with Gasteiger partial charge in [0.25, 0.3) is 0 Å². The minimum atomic E-state index is 0.819. The smallest absolute Gasteiger partial charge is 0.155 e. The average Bonchev–Trinajstić information content (AvgIpc) is 2.71. The number of nitrogens with zero attached hydrogens (tertiary/aromatic N) is 3. The zero-order valence-electron chi connectivity index (χ0n) is 9.56. The van der Waals surface area contributed by atoms with Crippen LogP contribution in [0, 0.1) is 0 Å². The first-order valence-electron chi connectivity index (χ1n) is 5.98. The number of aromatic nitrogens is 3. The average molecular weight is 292 g/mol. The van der Waals surface area contributed by atoms with Crippen LogP contribution in [0.25, 0.3) is 0 Å². The summed E-state index contributed by atoms with van der Waals surface area (Å²) in [5, 5.41) is 4.57. The fourth-order valence-corrected chi connectivity index (χ4v) is 2.69. The van der Waals surface area contributed by atoms with E-state index in [4.69, 9.17) is 0 Å². The van der Waals surface area contributed by atoms with Gasteiger partial charge in [0.2, 0.25) is 0 Å². The quantitative estimate of drug-likeness (QED) is 0.852. The van der Waals surface area contributed by atoms with Gasteiger partial charge in [-0.25, -0.2) is 9.67 Å². The van der Waals surface area contributed by atoms with Crippen LogP contribution >= 0.6 is 15.9 Å². The lowest BCUT2D eigenvalue weighted by atomic mass is 10.1. The molecule has 0 unspecified atom stereocenters. The molecular weight excluding hydrogens is 278 g/mol. The van der Waals surface area contributed by atoms with Crippen molar-refractivity contribution in [1.82, 2.24) is 14.8 Å². The van der Waals surface area contributed by atoms with Crippen LogP contribution in [0.4, 0.5) is 0 Å². The molecule has 0 aliphatic carbocycles. The summed E-state index contributed by atoms with van der Waals surface area (Å²) in [4.78, 5) is 4.61. The molecule has 0 atom stereocenters. The molecule has 88 valence electrons. The van der Waals surface area contributed by atoms with Crippen molar-refractivity contribution < 1.29 is 0 Å². The normalized spacial score (nSPS) is 14.6. The van der Waals surface area contributed by atoms with Crippen molar-refractivity contribution in [2.45, 2.75) is 32.2 Å². The van der Waals surface area contributed by atoms with Gasteiger partial charge in [-0.15, -0.1) is 0 Å². The Kier molecular flexibility index (Phi) is 2.97. The van der Waals surface area contributed by atoms with Gasteiger partial charge in [0.1, 0.15) is 5.82 Å². The molecule has 0 amide bonds. The zero-order valence-corrected chi connectivity index (χ0v) is 11.2. The number of rotatable bonds is 2. The van der Waals surface area contributed by atoms with E-state index in [9.17, 15) is 0 Å². The summed E-state index contributed by atoms with van der Waals surface area (Å²) in [5.41, 5.74) is 1.25. The molecule has 1 aromatic carbocycles. The minimum absolute atomic E-state index is 0.819. The van der Waals surface area contributed by atoms with Gasteiger partial charge in [-0.1, -0.05) is 28.1 Å². The summed E-state index contributed by atoms with van der Waals surface area (Å²) in [6, 6.07) is 8.33. The number of benzene rings is 1. The van der Waals surface area contributed by atoms with E-state index in [0.717, 1.165) is 35.5 Å². The molecule has 2 aromatic rings. The molecule has 0 spiro atoms. The Labute approximate surface area is 109 Å². The predicted octanol–water partition coefficient (Wildman–Crippen LogP) is 2.97. The van der Waals surface area contributed by atoms with Gasteiger partial charge in [0, 0.05) is 23.9 Å². The molecule has 0 fully saturated rings. The standard InChI is InChI=1S/C13H14BrN3/c14-11-5-3-4-10(8-11)9-12-15-13-6-1-2-7-17(13)16-12/h3-5,8H,1-2,6-7,9H2. The SMILES string of the molecule is Brc1cccc(Cc2nc3n(n2)CCCC3)c1. The number of halogens is 1. The summed E-state index contributed by atoms with van der Waals surface area (Å²) in [7, 11) is 0. The highest BCUT2D eigenvalue weighted by atomic mass is 79.9. The van der Waals surface area contributed by atoms with Crippen molar-refractivity contribution in [2.75, 3.05) is 0 Å². The third kappa shape index (κ3) is 2.41. The van der Waals surface area contributed by atoms with E-state index in [-0.39, 0.29) is 0 Å². The van der Waals surface area contributed by atoms with E-state index < -0.39 is 0 Å². The van der Waals surface area contributed by atoms with Crippen molar-refractivity contribution in [1.29, 1.82) is 0 Å². The zero-order chi connectivity index (χ0) is 11.7. The lowest BCUT2D eigenvalue weighted by Crippen LogP contribution is -2.11. The molecule has 3 nitrogen and oxygen atoms in total. The topological polar surface area (TPSA) is 30.7 Å². The first-order valence-corrected chi connectivity index (χ1v) is 6.77. The van der Waals surface area contributed by atoms with Gasteiger partial charge in [0.05, 0.1) is 0 Å². The molecule has 1 aliphatic heterocycles. The second-order valence-electron chi connectivity index (χ2n) is 4.43. The number of fused-ring (bicyclic) bond motifs is 1. The predicted molar refractivity (Wildman–Crippen MR) is 69.9 cm³/mol. The van der Waals surface area contributed by atoms with E-state index in [1.54, 1.807) is 0 Å². The summed E-state index contributed by atoms with van der Waals surface area (Å²) >= 11 is 3.49. The van der Waals surface area contributed by atoms with Gasteiger partial charge in [0.15, 0.2) is 5.82 Å². The van der Waals surface area contributed by atoms with Crippen LogP contribution in [-0.4, -0.2) is 14.8 Å². The lowest BCUT2D eigenvalue weighted by Gasteiger charge is -2.09. The molecule has 0 saturated carbocycles. The summed E-state index contributed by atoms with van der Waals surface area (Å²) in [6.07, 6.45) is 4.37. The first-order chi connectivity index (χ1) is 8.31. The van der Waals surface area contributed by atoms with Gasteiger partial charge >= 0.3 is 0 Å². The van der Waals surface area contributed by atoms with E-state index in [2.05, 4.69) is 48.9 Å². The van der Waals surface area contributed by atoms with E-state index in [1.807, 2.05) is 6.07 Å². The minimum Gasteiger partial charge on any atom is -0.250 e. The van der Waals surface area contributed by atoms with Gasteiger partial charge in [-0.2, -0.15) is 5.10 Å². The van der Waals surface area contributed by atoms with E-state index in [1.165, 1.54) is 18.4 Å². The number of hydrogen-bond acceptors (Lipinski definition) is 2. The molecule has 17 heavy (non-hydrogen) atoms. The largest absolute Gasteiger partial charge is 0.250 e. The highest BCUT2D eigenvalue weighted by Crippen LogP contribution is 2.16. The summed E-state index contributed by atoms with van der Waals surface area (Å²) in [5.74, 6) is 2.10. The molecule has 4 heteroatoms. The Hall–Kier alpha value is -1.16. The van der Waals surface area contributed by atoms with E-state index >= 15 is 0 Å². The number of hydrogen-bond donors (Lipinski definition) is 0. The van der Waals surface area contributed by atoms with Crippen molar-refractivity contribution in [3.8, 4) is 0 Å². The maximum atomic E-state index is 4.61. The maximum Gasteiger partial charge on any atom is 0.155 e. The van der Waals surface area contributed by atoms with Gasteiger partial charge < -0.3 is 0 Å². The van der Waals surface area contributed by atoms with Crippen molar-refractivity contribution >= 4 is 15.9 Å². The third-order valence-corrected chi connectivity index (χ3v) is 3.56. The molecule has 2 heterocycles. The van der Waals surface area contributed by atoms with E-state index in [0.29, 0.717) is 0 Å². The molecule has 3 rings (SSSR count). The monoisotopic (exact) mass is 291 g/mol. The lowest BCUT2D eigenvalue weighted by molar-refractivity contribution is 0.478. The molecular formula is C13H14BrN3. The van der Waals surface area contributed by atoms with Crippen LogP contribution in [0.15, 0.2) is 28.7 Å². The Balaban J connectivity index is 1.83. The molecule has 0 bridgehead atoms. The Morgan fingerprint density at radius 3 is 3.06 bits per heavy atom. The molecule has 0 radical (unpaired) electrons. The second kappa shape index (κ2) is 4.61. The summed E-state index contributed by atoms with van der Waals surface area (Å²) in [6.45, 7) is 1.03. The van der Waals surface area contributed by atoms with Crippen LogP contribution in [0.5, 0.6) is 0 Å². The molecule has 1 aliphatic rings. The van der Waals surface area contributed by atoms with Crippen LogP contribution < -0.4 is 0 Å². The third-order valence-electron chi connectivity index (χ3n) is 3.06. The van der Waals surface area contributed by atoms with Crippen molar-refractivity contribution in [3.05, 3.63) is 46.0 Å².